The van der Waals surface area contributed by atoms with Crippen LogP contribution in [0.3, 0.4) is 0 Å². The number of nitrogens with one attached hydrogen (secondary N) is 1. The van der Waals surface area contributed by atoms with E-state index in [0.717, 1.165) is 41.5 Å². The topological polar surface area (TPSA) is 61.9 Å². The third-order valence-corrected chi connectivity index (χ3v) is 6.75. The second-order valence-electron chi connectivity index (χ2n) is 7.41. The van der Waals surface area contributed by atoms with Crippen LogP contribution in [-0.2, 0) is 9.59 Å². The smallest absolute Gasteiger partial charge is 0.240 e. The summed E-state index contributed by atoms with van der Waals surface area (Å²) in [5, 5.41) is 2.97. The molecule has 1 aliphatic heterocycles. The minimum atomic E-state index is -0.327. The van der Waals surface area contributed by atoms with E-state index in [1.54, 1.807) is 23.8 Å². The standard InChI is InChI=1S/C24H31N3O3S/c1-4-26(5-2)15-14-25-23(28)16-27-21-8-6-7-9-22(21)31-17-20(24(27)29)18-10-12-19(30-3)13-11-18/h6-13,20H,4-5,14-17H2,1-3H3,(H,25,28). The van der Waals surface area contributed by atoms with Crippen molar-refractivity contribution in [3.05, 3.63) is 54.1 Å². The van der Waals surface area contributed by atoms with E-state index in [9.17, 15) is 9.59 Å². The summed E-state index contributed by atoms with van der Waals surface area (Å²) in [7, 11) is 1.62. The average molecular weight is 442 g/mol. The van der Waals surface area contributed by atoms with Crippen LogP contribution in [0.5, 0.6) is 5.75 Å². The van der Waals surface area contributed by atoms with Crippen LogP contribution in [0.25, 0.3) is 0 Å². The molecule has 0 radical (unpaired) electrons. The number of carbonyl (C=O) groups is 2. The van der Waals surface area contributed by atoms with Crippen molar-refractivity contribution in [3.63, 3.8) is 0 Å². The molecule has 2 aromatic rings. The van der Waals surface area contributed by atoms with E-state index in [2.05, 4.69) is 24.1 Å². The fourth-order valence-electron chi connectivity index (χ4n) is 3.68. The van der Waals surface area contributed by atoms with Gasteiger partial charge < -0.3 is 19.9 Å². The molecule has 0 fully saturated rings. The van der Waals surface area contributed by atoms with Gasteiger partial charge in [0.15, 0.2) is 0 Å². The molecular weight excluding hydrogens is 410 g/mol. The van der Waals surface area contributed by atoms with Crippen molar-refractivity contribution in [2.24, 2.45) is 0 Å². The zero-order valence-electron chi connectivity index (χ0n) is 18.5. The molecule has 1 atom stereocenters. The number of ether oxygens (including phenoxy) is 1. The first-order valence-corrected chi connectivity index (χ1v) is 11.7. The summed E-state index contributed by atoms with van der Waals surface area (Å²) in [6.45, 7) is 7.50. The van der Waals surface area contributed by atoms with Crippen molar-refractivity contribution in [2.45, 2.75) is 24.7 Å². The number of hydrogen-bond acceptors (Lipinski definition) is 5. The van der Waals surface area contributed by atoms with E-state index in [1.165, 1.54) is 0 Å². The molecule has 0 aromatic heterocycles. The minimum absolute atomic E-state index is 0.0152. The summed E-state index contributed by atoms with van der Waals surface area (Å²) < 4.78 is 5.25. The number of fused-ring (bicyclic) bond motifs is 1. The van der Waals surface area contributed by atoms with Gasteiger partial charge in [-0.2, -0.15) is 0 Å². The maximum absolute atomic E-state index is 13.6. The fourth-order valence-corrected chi connectivity index (χ4v) is 4.87. The molecule has 0 saturated carbocycles. The van der Waals surface area contributed by atoms with Gasteiger partial charge in [0.05, 0.1) is 18.7 Å². The summed E-state index contributed by atoms with van der Waals surface area (Å²) in [6, 6.07) is 15.4. The number of benzene rings is 2. The number of methoxy groups -OCH3 is 1. The van der Waals surface area contributed by atoms with Gasteiger partial charge in [0, 0.05) is 23.7 Å². The largest absolute Gasteiger partial charge is 0.497 e. The number of nitrogens with zero attached hydrogens (tertiary/aromatic N) is 2. The van der Waals surface area contributed by atoms with E-state index < -0.39 is 0 Å². The highest BCUT2D eigenvalue weighted by Gasteiger charge is 2.32. The van der Waals surface area contributed by atoms with Gasteiger partial charge >= 0.3 is 0 Å². The Labute approximate surface area is 188 Å². The van der Waals surface area contributed by atoms with Gasteiger partial charge in [0.1, 0.15) is 12.3 Å². The van der Waals surface area contributed by atoms with Gasteiger partial charge in [-0.25, -0.2) is 0 Å². The van der Waals surface area contributed by atoms with E-state index in [-0.39, 0.29) is 24.3 Å². The molecule has 2 amide bonds. The Morgan fingerprint density at radius 3 is 2.55 bits per heavy atom. The predicted octanol–water partition coefficient (Wildman–Crippen LogP) is 3.38. The number of amides is 2. The molecule has 6 nitrogen and oxygen atoms in total. The van der Waals surface area contributed by atoms with E-state index >= 15 is 0 Å². The summed E-state index contributed by atoms with van der Waals surface area (Å²) in [5.74, 6) is 0.858. The highest BCUT2D eigenvalue weighted by Crippen LogP contribution is 2.39. The Morgan fingerprint density at radius 2 is 1.87 bits per heavy atom. The van der Waals surface area contributed by atoms with Crippen LogP contribution in [0.2, 0.25) is 0 Å². The summed E-state index contributed by atoms with van der Waals surface area (Å²) >= 11 is 1.65. The van der Waals surface area contributed by atoms with Crippen molar-refractivity contribution in [1.29, 1.82) is 0 Å². The molecule has 3 rings (SSSR count). The van der Waals surface area contributed by atoms with Gasteiger partial charge in [-0.05, 0) is 42.9 Å². The molecule has 31 heavy (non-hydrogen) atoms. The molecule has 7 heteroatoms. The quantitative estimate of drug-likeness (QED) is 0.647. The third-order valence-electron chi connectivity index (χ3n) is 5.59. The SMILES string of the molecule is CCN(CC)CCNC(=O)CN1C(=O)C(c2ccc(OC)cc2)CSc2ccccc21. The van der Waals surface area contributed by atoms with Gasteiger partial charge in [0.25, 0.3) is 0 Å². The lowest BCUT2D eigenvalue weighted by molar-refractivity contribution is -0.124. The van der Waals surface area contributed by atoms with Gasteiger partial charge in [-0.15, -0.1) is 11.8 Å². The molecule has 2 aromatic carbocycles. The molecule has 1 unspecified atom stereocenters. The predicted molar refractivity (Wildman–Crippen MR) is 126 cm³/mol. The summed E-state index contributed by atoms with van der Waals surface area (Å²) in [4.78, 5) is 31.2. The van der Waals surface area contributed by atoms with Gasteiger partial charge in [-0.1, -0.05) is 38.1 Å². The maximum atomic E-state index is 13.6. The number of likely N-dealkylation sites (N-methyl/N-ethyl adjacent to an activating group) is 1. The van der Waals surface area contributed by atoms with Crippen LogP contribution in [0.15, 0.2) is 53.4 Å². The molecule has 0 aliphatic carbocycles. The molecule has 0 bridgehead atoms. The first-order valence-electron chi connectivity index (χ1n) is 10.7. The van der Waals surface area contributed by atoms with Crippen molar-refractivity contribution in [3.8, 4) is 5.75 Å². The van der Waals surface area contributed by atoms with Crippen molar-refractivity contribution in [1.82, 2.24) is 10.2 Å². The number of rotatable bonds is 9. The lowest BCUT2D eigenvalue weighted by Crippen LogP contribution is -2.44. The highest BCUT2D eigenvalue weighted by atomic mass is 32.2. The van der Waals surface area contributed by atoms with Gasteiger partial charge in [0.2, 0.25) is 11.8 Å². The van der Waals surface area contributed by atoms with E-state index in [1.807, 2.05) is 48.5 Å². The molecule has 0 saturated heterocycles. The van der Waals surface area contributed by atoms with E-state index in [4.69, 9.17) is 4.74 Å². The molecule has 1 N–H and O–H groups in total. The van der Waals surface area contributed by atoms with Crippen molar-refractivity contribution < 1.29 is 14.3 Å². The number of hydrogen-bond donors (Lipinski definition) is 1. The Hall–Kier alpha value is -2.51. The monoisotopic (exact) mass is 441 g/mol. The molecular formula is C24H31N3O3S. The fraction of sp³-hybridized carbons (Fsp3) is 0.417. The Morgan fingerprint density at radius 1 is 1.16 bits per heavy atom. The second kappa shape index (κ2) is 11.2. The summed E-state index contributed by atoms with van der Waals surface area (Å²) in [6.07, 6.45) is 0. The second-order valence-corrected chi connectivity index (χ2v) is 8.47. The Kier molecular flexibility index (Phi) is 8.37. The number of carbonyl (C=O) groups excluding carboxylic acids is 2. The first kappa shape index (κ1) is 23.2. The van der Waals surface area contributed by atoms with Crippen LogP contribution in [0.1, 0.15) is 25.3 Å². The van der Waals surface area contributed by atoms with Crippen molar-refractivity contribution in [2.75, 3.05) is 50.5 Å². The number of thioether (sulfide) groups is 1. The van der Waals surface area contributed by atoms with E-state index in [0.29, 0.717) is 12.3 Å². The zero-order chi connectivity index (χ0) is 22.2. The normalized spacial score (nSPS) is 16.1. The average Bonchev–Trinajstić information content (AvgIpc) is 2.94. The van der Waals surface area contributed by atoms with Crippen LogP contribution in [-0.4, -0.2) is 62.3 Å². The Bertz CT molecular complexity index is 884. The van der Waals surface area contributed by atoms with Crippen LogP contribution in [0, 0.1) is 0 Å². The molecule has 1 heterocycles. The lowest BCUT2D eigenvalue weighted by Gasteiger charge is -2.25. The Balaban J connectivity index is 1.77. The highest BCUT2D eigenvalue weighted by molar-refractivity contribution is 7.99. The first-order chi connectivity index (χ1) is 15.1. The molecule has 0 spiro atoms. The molecule has 166 valence electrons. The van der Waals surface area contributed by atoms with Crippen LogP contribution >= 0.6 is 11.8 Å². The van der Waals surface area contributed by atoms with Gasteiger partial charge in [-0.3, -0.25) is 9.59 Å². The third kappa shape index (κ3) is 5.80. The van der Waals surface area contributed by atoms with Crippen molar-refractivity contribution >= 4 is 29.3 Å². The lowest BCUT2D eigenvalue weighted by atomic mass is 9.99. The van der Waals surface area contributed by atoms with Crippen LogP contribution < -0.4 is 15.0 Å². The summed E-state index contributed by atoms with van der Waals surface area (Å²) in [5.41, 5.74) is 1.73. The number of para-hydroxylation sites is 1. The van der Waals surface area contributed by atoms with Crippen LogP contribution in [0.4, 0.5) is 5.69 Å². The molecule has 1 aliphatic rings. The minimum Gasteiger partial charge on any atom is -0.497 e. The number of anilines is 1. The maximum Gasteiger partial charge on any atom is 0.240 e. The zero-order valence-corrected chi connectivity index (χ0v) is 19.3.